The lowest BCUT2D eigenvalue weighted by atomic mass is 10.1. The first-order valence-corrected chi connectivity index (χ1v) is 8.75. The van der Waals surface area contributed by atoms with E-state index in [1.807, 2.05) is 17.5 Å². The number of amides is 1. The normalized spacial score (nSPS) is 14.9. The van der Waals surface area contributed by atoms with Crippen LogP contribution in [0.2, 0.25) is 0 Å². The number of nitrogens with zero attached hydrogens (tertiary/aromatic N) is 1. The van der Waals surface area contributed by atoms with E-state index in [9.17, 15) is 14.7 Å². The molecule has 3 rings (SSSR count). The van der Waals surface area contributed by atoms with Gasteiger partial charge in [-0.2, -0.15) is 0 Å². The van der Waals surface area contributed by atoms with E-state index in [4.69, 9.17) is 4.74 Å². The maximum atomic E-state index is 12.8. The van der Waals surface area contributed by atoms with Gasteiger partial charge in [0.15, 0.2) is 0 Å². The number of rotatable bonds is 7. The molecular weight excluding hydrogens is 326 g/mol. The molecule has 0 radical (unpaired) electrons. The number of aliphatic carboxylic acids is 1. The number of carbonyl (C=O) groups is 2. The Hall–Kier alpha value is -2.34. The molecule has 5 nitrogen and oxygen atoms in total. The van der Waals surface area contributed by atoms with Gasteiger partial charge in [0.1, 0.15) is 18.4 Å². The number of carboxylic acid groups (broad SMARTS) is 1. The molecule has 1 aliphatic carbocycles. The Morgan fingerprint density at radius 2 is 2.12 bits per heavy atom. The van der Waals surface area contributed by atoms with Gasteiger partial charge in [-0.15, -0.1) is 11.3 Å². The largest absolute Gasteiger partial charge is 0.488 e. The number of benzene rings is 1. The third-order valence-corrected chi connectivity index (χ3v) is 4.84. The maximum Gasteiger partial charge on any atom is 0.326 e. The monoisotopic (exact) mass is 345 g/mol. The van der Waals surface area contributed by atoms with Gasteiger partial charge >= 0.3 is 5.97 Å². The van der Waals surface area contributed by atoms with Crippen molar-refractivity contribution in [1.82, 2.24) is 4.90 Å². The van der Waals surface area contributed by atoms with Crippen LogP contribution in [0.5, 0.6) is 5.75 Å². The first-order valence-electron chi connectivity index (χ1n) is 7.87. The van der Waals surface area contributed by atoms with Crippen molar-refractivity contribution in [3.05, 3.63) is 52.2 Å². The lowest BCUT2D eigenvalue weighted by Crippen LogP contribution is -2.44. The molecule has 2 aromatic rings. The molecule has 1 aliphatic rings. The zero-order chi connectivity index (χ0) is 17.1. The molecule has 1 unspecified atom stereocenters. The first kappa shape index (κ1) is 16.5. The van der Waals surface area contributed by atoms with E-state index in [1.165, 1.54) is 4.90 Å². The number of thiophene rings is 1. The van der Waals surface area contributed by atoms with Crippen LogP contribution in [0, 0.1) is 0 Å². The molecule has 1 atom stereocenters. The molecule has 126 valence electrons. The summed E-state index contributed by atoms with van der Waals surface area (Å²) in [5.74, 6) is -0.637. The Labute approximate surface area is 144 Å². The van der Waals surface area contributed by atoms with Gasteiger partial charge in [-0.1, -0.05) is 12.1 Å². The van der Waals surface area contributed by atoms with Gasteiger partial charge in [0.25, 0.3) is 5.91 Å². The fourth-order valence-corrected chi connectivity index (χ4v) is 3.16. The van der Waals surface area contributed by atoms with E-state index < -0.39 is 12.0 Å². The van der Waals surface area contributed by atoms with Gasteiger partial charge in [-0.05, 0) is 49.4 Å². The predicted molar refractivity (Wildman–Crippen MR) is 91.4 cm³/mol. The lowest BCUT2D eigenvalue weighted by Gasteiger charge is -2.26. The second-order valence-corrected chi connectivity index (χ2v) is 6.89. The van der Waals surface area contributed by atoms with Crippen LogP contribution < -0.4 is 4.74 Å². The Morgan fingerprint density at radius 1 is 1.33 bits per heavy atom. The van der Waals surface area contributed by atoms with E-state index in [-0.39, 0.29) is 11.9 Å². The Balaban J connectivity index is 1.74. The summed E-state index contributed by atoms with van der Waals surface area (Å²) < 4.78 is 5.73. The van der Waals surface area contributed by atoms with Crippen molar-refractivity contribution >= 4 is 23.2 Å². The van der Waals surface area contributed by atoms with Crippen LogP contribution in [0.15, 0.2) is 41.8 Å². The zero-order valence-corrected chi connectivity index (χ0v) is 14.2. The fourth-order valence-electron chi connectivity index (χ4n) is 2.55. The van der Waals surface area contributed by atoms with E-state index in [1.54, 1.807) is 42.5 Å². The van der Waals surface area contributed by atoms with Gasteiger partial charge in [0.05, 0.1) is 0 Å². The van der Waals surface area contributed by atoms with Crippen LogP contribution in [-0.2, 0) is 11.4 Å². The molecule has 24 heavy (non-hydrogen) atoms. The molecule has 0 aliphatic heterocycles. The lowest BCUT2D eigenvalue weighted by molar-refractivity contribution is -0.141. The van der Waals surface area contributed by atoms with Crippen molar-refractivity contribution in [2.45, 2.75) is 38.5 Å². The van der Waals surface area contributed by atoms with Gasteiger partial charge in [-0.3, -0.25) is 4.79 Å². The highest BCUT2D eigenvalue weighted by Gasteiger charge is 2.38. The van der Waals surface area contributed by atoms with Gasteiger partial charge in [-0.25, -0.2) is 4.79 Å². The summed E-state index contributed by atoms with van der Waals surface area (Å²) in [6.45, 7) is 2.00. The summed E-state index contributed by atoms with van der Waals surface area (Å²) in [6.07, 6.45) is 1.72. The molecule has 6 heteroatoms. The minimum atomic E-state index is -0.986. The van der Waals surface area contributed by atoms with Crippen molar-refractivity contribution in [1.29, 1.82) is 0 Å². The molecule has 0 bridgehead atoms. The standard InChI is InChI=1S/C18H19NO4S/c1-12(18(21)22)19(14-7-8-14)17(20)13-4-2-5-15(10-13)23-11-16-6-3-9-24-16/h2-6,9-10,12,14H,7-8,11H2,1H3,(H,21,22). The molecule has 1 saturated carbocycles. The second kappa shape index (κ2) is 7.05. The minimum Gasteiger partial charge on any atom is -0.488 e. The average molecular weight is 345 g/mol. The highest BCUT2D eigenvalue weighted by molar-refractivity contribution is 7.09. The quantitative estimate of drug-likeness (QED) is 0.835. The summed E-state index contributed by atoms with van der Waals surface area (Å²) >= 11 is 1.61. The molecule has 1 heterocycles. The van der Waals surface area contributed by atoms with Crippen LogP contribution >= 0.6 is 11.3 Å². The Morgan fingerprint density at radius 3 is 2.75 bits per heavy atom. The summed E-state index contributed by atoms with van der Waals surface area (Å²) in [4.78, 5) is 26.6. The predicted octanol–water partition coefficient (Wildman–Crippen LogP) is 3.40. The van der Waals surface area contributed by atoms with Gasteiger partial charge in [0, 0.05) is 16.5 Å². The van der Waals surface area contributed by atoms with E-state index in [0.29, 0.717) is 17.9 Å². The Bertz CT molecular complexity index is 724. The van der Waals surface area contributed by atoms with E-state index in [2.05, 4.69) is 0 Å². The zero-order valence-electron chi connectivity index (χ0n) is 13.3. The first-order chi connectivity index (χ1) is 11.6. The fraction of sp³-hybridized carbons (Fsp3) is 0.333. The Kier molecular flexibility index (Phi) is 4.85. The van der Waals surface area contributed by atoms with Crippen LogP contribution in [-0.4, -0.2) is 34.0 Å². The molecule has 0 saturated heterocycles. The molecule has 1 aromatic carbocycles. The van der Waals surface area contributed by atoms with Gasteiger partial charge in [0.2, 0.25) is 0 Å². The van der Waals surface area contributed by atoms with Crippen molar-refractivity contribution in [3.8, 4) is 5.75 Å². The third kappa shape index (κ3) is 3.76. The van der Waals surface area contributed by atoms with Crippen molar-refractivity contribution in [2.75, 3.05) is 0 Å². The molecule has 1 fully saturated rings. The minimum absolute atomic E-state index is 0.0271. The third-order valence-electron chi connectivity index (χ3n) is 3.99. The van der Waals surface area contributed by atoms with Crippen molar-refractivity contribution in [2.24, 2.45) is 0 Å². The van der Waals surface area contributed by atoms with E-state index in [0.717, 1.165) is 17.7 Å². The molecular formula is C18H19NO4S. The SMILES string of the molecule is CC(C(=O)O)N(C(=O)c1cccc(OCc2cccs2)c1)C1CC1. The molecule has 1 N–H and O–H groups in total. The topological polar surface area (TPSA) is 66.8 Å². The number of hydrogen-bond donors (Lipinski definition) is 1. The van der Waals surface area contributed by atoms with Gasteiger partial charge < -0.3 is 14.7 Å². The average Bonchev–Trinajstić information content (AvgIpc) is 3.27. The summed E-state index contributed by atoms with van der Waals surface area (Å²) in [5.41, 5.74) is 0.457. The van der Waals surface area contributed by atoms with Crippen molar-refractivity contribution < 1.29 is 19.4 Å². The highest BCUT2D eigenvalue weighted by Crippen LogP contribution is 2.31. The highest BCUT2D eigenvalue weighted by atomic mass is 32.1. The van der Waals surface area contributed by atoms with Crippen LogP contribution in [0.1, 0.15) is 35.0 Å². The number of hydrogen-bond acceptors (Lipinski definition) is 4. The second-order valence-electron chi connectivity index (χ2n) is 5.85. The summed E-state index contributed by atoms with van der Waals surface area (Å²) in [5, 5.41) is 11.2. The van der Waals surface area contributed by atoms with Crippen LogP contribution in [0.25, 0.3) is 0 Å². The van der Waals surface area contributed by atoms with Crippen LogP contribution in [0.3, 0.4) is 0 Å². The van der Waals surface area contributed by atoms with Crippen LogP contribution in [0.4, 0.5) is 0 Å². The molecule has 1 amide bonds. The number of carboxylic acids is 1. The van der Waals surface area contributed by atoms with E-state index >= 15 is 0 Å². The summed E-state index contributed by atoms with van der Waals surface area (Å²) in [6, 6.07) is 10.1. The maximum absolute atomic E-state index is 12.8. The smallest absolute Gasteiger partial charge is 0.326 e. The molecule has 1 aromatic heterocycles. The number of ether oxygens (including phenoxy) is 1. The molecule has 0 spiro atoms. The number of carbonyl (C=O) groups excluding carboxylic acids is 1. The summed E-state index contributed by atoms with van der Waals surface area (Å²) in [7, 11) is 0. The van der Waals surface area contributed by atoms with Crippen molar-refractivity contribution in [3.63, 3.8) is 0 Å².